The summed E-state index contributed by atoms with van der Waals surface area (Å²) in [4.78, 5) is 12.5. The van der Waals surface area contributed by atoms with Crippen molar-refractivity contribution in [2.24, 2.45) is 5.92 Å². The molecule has 0 aromatic heterocycles. The molecule has 1 unspecified atom stereocenters. The molecule has 0 saturated carbocycles. The van der Waals surface area contributed by atoms with Gasteiger partial charge in [-0.15, -0.1) is 0 Å². The number of carbonyl (C=O) groups excluding carboxylic acids is 1. The van der Waals surface area contributed by atoms with Gasteiger partial charge in [0, 0.05) is 18.2 Å². The topological polar surface area (TPSA) is 66.5 Å². The summed E-state index contributed by atoms with van der Waals surface area (Å²) in [5.41, 5.74) is 0.931. The van der Waals surface area contributed by atoms with Crippen LogP contribution in [-0.2, 0) is 10.0 Å². The van der Waals surface area contributed by atoms with Crippen molar-refractivity contribution in [1.29, 1.82) is 0 Å². The Labute approximate surface area is 156 Å². The van der Waals surface area contributed by atoms with Gasteiger partial charge in [0.05, 0.1) is 10.6 Å². The monoisotopic (exact) mass is 374 g/mol. The molecule has 1 amide bonds. The lowest BCUT2D eigenvalue weighted by Crippen LogP contribution is -2.36. The maximum Gasteiger partial charge on any atom is 0.264 e. The molecule has 0 fully saturated rings. The number of nitrogens with one attached hydrogen (secondary N) is 1. The highest BCUT2D eigenvalue weighted by Crippen LogP contribution is 2.23. The summed E-state index contributed by atoms with van der Waals surface area (Å²) in [7, 11) is -3.75. The number of hydrogen-bond donors (Lipinski definition) is 1. The zero-order valence-electron chi connectivity index (χ0n) is 15.6. The van der Waals surface area contributed by atoms with E-state index in [1.165, 1.54) is 16.4 Å². The third kappa shape index (κ3) is 4.43. The molecule has 0 aliphatic heterocycles. The van der Waals surface area contributed by atoms with Crippen LogP contribution in [0.15, 0.2) is 59.5 Å². The lowest BCUT2D eigenvalue weighted by molar-refractivity contribution is 0.0930. The molecule has 2 rings (SSSR count). The Balaban J connectivity index is 2.34. The standard InChI is InChI=1S/C20H26N2O3S/c1-5-22(18-11-7-6-8-12-18)26(24,25)19-13-9-10-17(14-19)20(23)21-16(4)15(2)3/h6-16H,5H2,1-4H3,(H,21,23). The van der Waals surface area contributed by atoms with E-state index >= 15 is 0 Å². The van der Waals surface area contributed by atoms with Gasteiger partial charge in [-0.1, -0.05) is 38.1 Å². The molecule has 0 aliphatic carbocycles. The van der Waals surface area contributed by atoms with Crippen LogP contribution in [0.1, 0.15) is 38.1 Å². The van der Waals surface area contributed by atoms with E-state index < -0.39 is 10.0 Å². The molecule has 0 radical (unpaired) electrons. The van der Waals surface area contributed by atoms with Crippen LogP contribution in [0.4, 0.5) is 5.69 Å². The van der Waals surface area contributed by atoms with Crippen molar-refractivity contribution >= 4 is 21.6 Å². The summed E-state index contributed by atoms with van der Waals surface area (Å²) in [5, 5.41) is 2.90. The van der Waals surface area contributed by atoms with Crippen LogP contribution >= 0.6 is 0 Å². The molecule has 2 aromatic carbocycles. The van der Waals surface area contributed by atoms with Crippen molar-refractivity contribution in [1.82, 2.24) is 5.32 Å². The van der Waals surface area contributed by atoms with Crippen molar-refractivity contribution in [3.05, 3.63) is 60.2 Å². The third-order valence-corrected chi connectivity index (χ3v) is 6.27. The molecular weight excluding hydrogens is 348 g/mol. The number of hydrogen-bond acceptors (Lipinski definition) is 3. The first-order valence-electron chi connectivity index (χ1n) is 8.76. The zero-order chi connectivity index (χ0) is 19.3. The van der Waals surface area contributed by atoms with E-state index in [2.05, 4.69) is 5.32 Å². The maximum absolute atomic E-state index is 13.1. The minimum absolute atomic E-state index is 0.000720. The highest BCUT2D eigenvalue weighted by atomic mass is 32.2. The molecular formula is C20H26N2O3S. The van der Waals surface area contributed by atoms with Gasteiger partial charge in [0.15, 0.2) is 0 Å². The highest BCUT2D eigenvalue weighted by Gasteiger charge is 2.24. The van der Waals surface area contributed by atoms with Gasteiger partial charge in [-0.25, -0.2) is 8.42 Å². The van der Waals surface area contributed by atoms with Gasteiger partial charge in [-0.2, -0.15) is 0 Å². The summed E-state index contributed by atoms with van der Waals surface area (Å²) in [5.74, 6) is 0.0190. The van der Waals surface area contributed by atoms with Gasteiger partial charge in [0.1, 0.15) is 0 Å². The van der Waals surface area contributed by atoms with Crippen LogP contribution in [0.3, 0.4) is 0 Å². The molecule has 2 aromatic rings. The number of nitrogens with zero attached hydrogens (tertiary/aromatic N) is 1. The van der Waals surface area contributed by atoms with E-state index in [1.807, 2.05) is 26.8 Å². The number of para-hydroxylation sites is 1. The van der Waals surface area contributed by atoms with E-state index in [4.69, 9.17) is 0 Å². The molecule has 0 saturated heterocycles. The first kappa shape index (κ1) is 20.0. The lowest BCUT2D eigenvalue weighted by Gasteiger charge is -2.23. The molecule has 5 nitrogen and oxygen atoms in total. The third-order valence-electron chi connectivity index (χ3n) is 4.37. The average molecular weight is 375 g/mol. The summed E-state index contributed by atoms with van der Waals surface area (Å²) in [6, 6.07) is 15.1. The quantitative estimate of drug-likeness (QED) is 0.804. The predicted molar refractivity (Wildman–Crippen MR) is 105 cm³/mol. The fourth-order valence-electron chi connectivity index (χ4n) is 2.47. The van der Waals surface area contributed by atoms with Crippen LogP contribution < -0.4 is 9.62 Å². The number of benzene rings is 2. The van der Waals surface area contributed by atoms with Crippen molar-refractivity contribution in [3.63, 3.8) is 0 Å². The normalized spacial score (nSPS) is 12.7. The summed E-state index contributed by atoms with van der Waals surface area (Å²) < 4.78 is 27.5. The van der Waals surface area contributed by atoms with E-state index in [0.29, 0.717) is 23.7 Å². The van der Waals surface area contributed by atoms with Gasteiger partial charge < -0.3 is 5.32 Å². The maximum atomic E-state index is 13.1. The van der Waals surface area contributed by atoms with E-state index in [1.54, 1.807) is 43.3 Å². The van der Waals surface area contributed by atoms with E-state index in [0.717, 1.165) is 0 Å². The molecule has 0 bridgehead atoms. The molecule has 0 spiro atoms. The van der Waals surface area contributed by atoms with Gasteiger partial charge in [0.25, 0.3) is 15.9 Å². The van der Waals surface area contributed by atoms with Gasteiger partial charge in [-0.3, -0.25) is 9.10 Å². The second-order valence-electron chi connectivity index (χ2n) is 6.54. The average Bonchev–Trinajstić information content (AvgIpc) is 2.63. The van der Waals surface area contributed by atoms with Crippen LogP contribution in [0, 0.1) is 5.92 Å². The fourth-order valence-corrected chi connectivity index (χ4v) is 3.99. The largest absolute Gasteiger partial charge is 0.349 e. The smallest absolute Gasteiger partial charge is 0.264 e. The SMILES string of the molecule is CCN(c1ccccc1)S(=O)(=O)c1cccc(C(=O)NC(C)C(C)C)c1. The number of anilines is 1. The van der Waals surface area contributed by atoms with Crippen LogP contribution in [0.5, 0.6) is 0 Å². The Kier molecular flexibility index (Phi) is 6.42. The Morgan fingerprint density at radius 2 is 1.69 bits per heavy atom. The van der Waals surface area contributed by atoms with Gasteiger partial charge in [0.2, 0.25) is 0 Å². The summed E-state index contributed by atoms with van der Waals surface area (Å²) in [6.45, 7) is 8.05. The summed E-state index contributed by atoms with van der Waals surface area (Å²) in [6.07, 6.45) is 0. The first-order chi connectivity index (χ1) is 12.3. The molecule has 0 aliphatic rings. The number of rotatable bonds is 7. The molecule has 1 atom stereocenters. The second-order valence-corrected chi connectivity index (χ2v) is 8.40. The van der Waals surface area contributed by atoms with Crippen LogP contribution in [0.25, 0.3) is 0 Å². The Morgan fingerprint density at radius 1 is 1.04 bits per heavy atom. The number of carbonyl (C=O) groups is 1. The van der Waals surface area contributed by atoms with Gasteiger partial charge in [-0.05, 0) is 50.1 Å². The van der Waals surface area contributed by atoms with E-state index in [-0.39, 0.29) is 16.8 Å². The van der Waals surface area contributed by atoms with Crippen LogP contribution in [-0.4, -0.2) is 26.9 Å². The second kappa shape index (κ2) is 8.36. The molecule has 6 heteroatoms. The van der Waals surface area contributed by atoms with Crippen molar-refractivity contribution < 1.29 is 13.2 Å². The Morgan fingerprint density at radius 3 is 2.27 bits per heavy atom. The summed E-state index contributed by atoms with van der Waals surface area (Å²) >= 11 is 0. The first-order valence-corrected chi connectivity index (χ1v) is 10.2. The molecule has 26 heavy (non-hydrogen) atoms. The minimum atomic E-state index is -3.75. The van der Waals surface area contributed by atoms with Crippen molar-refractivity contribution in [2.45, 2.75) is 38.6 Å². The van der Waals surface area contributed by atoms with Crippen molar-refractivity contribution in [2.75, 3.05) is 10.8 Å². The Bertz CT molecular complexity index is 848. The Hall–Kier alpha value is -2.34. The van der Waals surface area contributed by atoms with Gasteiger partial charge >= 0.3 is 0 Å². The predicted octanol–water partition coefficient (Wildman–Crippen LogP) is 3.68. The molecule has 1 N–H and O–H groups in total. The van der Waals surface area contributed by atoms with E-state index in [9.17, 15) is 13.2 Å². The van der Waals surface area contributed by atoms with Crippen molar-refractivity contribution in [3.8, 4) is 0 Å². The molecule has 140 valence electrons. The minimum Gasteiger partial charge on any atom is -0.349 e. The lowest BCUT2D eigenvalue weighted by atomic mass is 10.1. The van der Waals surface area contributed by atoms with Crippen LogP contribution in [0.2, 0.25) is 0 Å². The zero-order valence-corrected chi connectivity index (χ0v) is 16.5. The number of amides is 1. The fraction of sp³-hybridized carbons (Fsp3) is 0.350. The highest BCUT2D eigenvalue weighted by molar-refractivity contribution is 7.92. The molecule has 0 heterocycles. The number of sulfonamides is 1.